The molecule has 2 N–H and O–H groups in total. The number of aliphatic carboxylic acids is 1. The molecule has 1 atom stereocenters. The SMILES string of the molecule is CC(CSc1ccc(C(C)(C)C)cc1)(NC1CC1)C(=O)O. The van der Waals surface area contributed by atoms with E-state index in [1.807, 2.05) is 0 Å². The normalized spacial score (nSPS) is 18.3. The van der Waals surface area contributed by atoms with Gasteiger partial charge in [0.15, 0.2) is 0 Å². The number of rotatable bonds is 6. The first-order chi connectivity index (χ1) is 9.71. The van der Waals surface area contributed by atoms with Crippen LogP contribution in [0.4, 0.5) is 0 Å². The van der Waals surface area contributed by atoms with Crippen molar-refractivity contribution in [2.45, 2.75) is 62.4 Å². The molecule has 1 aromatic rings. The molecule has 0 saturated heterocycles. The quantitative estimate of drug-likeness (QED) is 0.787. The highest BCUT2D eigenvalue weighted by Gasteiger charge is 2.38. The highest BCUT2D eigenvalue weighted by Crippen LogP contribution is 2.29. The molecule has 3 nitrogen and oxygen atoms in total. The molecule has 0 aliphatic heterocycles. The first kappa shape index (κ1) is 16.4. The monoisotopic (exact) mass is 307 g/mol. The van der Waals surface area contributed by atoms with Crippen molar-refractivity contribution in [2.24, 2.45) is 0 Å². The van der Waals surface area contributed by atoms with E-state index in [1.165, 1.54) is 5.56 Å². The zero-order chi connectivity index (χ0) is 15.7. The fraction of sp³-hybridized carbons (Fsp3) is 0.588. The summed E-state index contributed by atoms with van der Waals surface area (Å²) in [6.07, 6.45) is 2.18. The minimum atomic E-state index is -0.853. The number of thioether (sulfide) groups is 1. The van der Waals surface area contributed by atoms with Crippen LogP contribution in [0, 0.1) is 0 Å². The van der Waals surface area contributed by atoms with Gasteiger partial charge in [-0.05, 0) is 42.9 Å². The number of hydrogen-bond acceptors (Lipinski definition) is 3. The molecule has 0 amide bonds. The maximum absolute atomic E-state index is 11.5. The van der Waals surface area contributed by atoms with Crippen molar-refractivity contribution in [3.63, 3.8) is 0 Å². The molecular formula is C17H25NO2S. The third-order valence-electron chi connectivity index (χ3n) is 3.82. The van der Waals surface area contributed by atoms with E-state index in [0.29, 0.717) is 11.8 Å². The van der Waals surface area contributed by atoms with Gasteiger partial charge in [-0.25, -0.2) is 0 Å². The Bertz CT molecular complexity index is 503. The molecule has 1 saturated carbocycles. The smallest absolute Gasteiger partial charge is 0.324 e. The molecule has 4 heteroatoms. The van der Waals surface area contributed by atoms with Crippen LogP contribution in [0.1, 0.15) is 46.1 Å². The van der Waals surface area contributed by atoms with Gasteiger partial charge < -0.3 is 5.11 Å². The van der Waals surface area contributed by atoms with Crippen LogP contribution in [0.2, 0.25) is 0 Å². The molecule has 0 radical (unpaired) electrons. The van der Waals surface area contributed by atoms with Crippen LogP contribution in [0.3, 0.4) is 0 Å². The van der Waals surface area contributed by atoms with Gasteiger partial charge in [0, 0.05) is 16.7 Å². The first-order valence-electron chi connectivity index (χ1n) is 7.45. The Kier molecular flexibility index (Phi) is 4.69. The van der Waals surface area contributed by atoms with E-state index < -0.39 is 11.5 Å². The van der Waals surface area contributed by atoms with Gasteiger partial charge in [-0.15, -0.1) is 11.8 Å². The zero-order valence-electron chi connectivity index (χ0n) is 13.3. The van der Waals surface area contributed by atoms with Gasteiger partial charge in [0.05, 0.1) is 0 Å². The highest BCUT2D eigenvalue weighted by atomic mass is 32.2. The van der Waals surface area contributed by atoms with Crippen LogP contribution < -0.4 is 5.32 Å². The molecule has 1 aromatic carbocycles. The Morgan fingerprint density at radius 2 is 1.81 bits per heavy atom. The average Bonchev–Trinajstić information content (AvgIpc) is 3.19. The van der Waals surface area contributed by atoms with Crippen LogP contribution in [-0.4, -0.2) is 28.4 Å². The van der Waals surface area contributed by atoms with Gasteiger partial charge >= 0.3 is 5.97 Å². The fourth-order valence-electron chi connectivity index (χ4n) is 2.12. The van der Waals surface area contributed by atoms with E-state index >= 15 is 0 Å². The second-order valence-electron chi connectivity index (χ2n) is 7.12. The molecule has 1 aliphatic rings. The highest BCUT2D eigenvalue weighted by molar-refractivity contribution is 7.99. The largest absolute Gasteiger partial charge is 0.480 e. The third-order valence-corrected chi connectivity index (χ3v) is 5.15. The van der Waals surface area contributed by atoms with E-state index in [2.05, 4.69) is 50.4 Å². The summed E-state index contributed by atoms with van der Waals surface area (Å²) in [7, 11) is 0. The summed E-state index contributed by atoms with van der Waals surface area (Å²) in [5.41, 5.74) is 0.588. The summed E-state index contributed by atoms with van der Waals surface area (Å²) < 4.78 is 0. The summed E-state index contributed by atoms with van der Waals surface area (Å²) >= 11 is 1.60. The second kappa shape index (κ2) is 6.01. The van der Waals surface area contributed by atoms with Gasteiger partial charge in [0.2, 0.25) is 0 Å². The molecular weight excluding hydrogens is 282 g/mol. The van der Waals surface area contributed by atoms with E-state index in [4.69, 9.17) is 0 Å². The molecule has 0 spiro atoms. The average molecular weight is 307 g/mol. The molecule has 21 heavy (non-hydrogen) atoms. The Morgan fingerprint density at radius 3 is 2.24 bits per heavy atom. The van der Waals surface area contributed by atoms with Gasteiger partial charge in [-0.2, -0.15) is 0 Å². The topological polar surface area (TPSA) is 49.3 Å². The van der Waals surface area contributed by atoms with E-state index in [9.17, 15) is 9.90 Å². The Labute approximate surface area is 131 Å². The zero-order valence-corrected chi connectivity index (χ0v) is 14.1. The standard InChI is InChI=1S/C17H25NO2S/c1-16(2,3)12-5-9-14(10-6-12)21-11-17(4,15(19)20)18-13-7-8-13/h5-6,9-10,13,18H,7-8,11H2,1-4H3,(H,19,20). The fourth-order valence-corrected chi connectivity index (χ4v) is 3.11. The first-order valence-corrected chi connectivity index (χ1v) is 8.44. The van der Waals surface area contributed by atoms with E-state index in [0.717, 1.165) is 17.7 Å². The van der Waals surface area contributed by atoms with Crippen LogP contribution >= 0.6 is 11.8 Å². The van der Waals surface area contributed by atoms with E-state index in [1.54, 1.807) is 18.7 Å². The van der Waals surface area contributed by atoms with Gasteiger partial charge in [-0.3, -0.25) is 10.1 Å². The molecule has 2 rings (SSSR count). The Morgan fingerprint density at radius 1 is 1.24 bits per heavy atom. The second-order valence-corrected chi connectivity index (χ2v) is 8.17. The predicted octanol–water partition coefficient (Wildman–Crippen LogP) is 3.67. The number of carboxylic acid groups (broad SMARTS) is 1. The minimum Gasteiger partial charge on any atom is -0.480 e. The summed E-state index contributed by atoms with van der Waals surface area (Å²) in [6, 6.07) is 8.83. The molecule has 0 aromatic heterocycles. The third kappa shape index (κ3) is 4.48. The van der Waals surface area contributed by atoms with Gasteiger partial charge in [0.25, 0.3) is 0 Å². The molecule has 1 aliphatic carbocycles. The van der Waals surface area contributed by atoms with Gasteiger partial charge in [-0.1, -0.05) is 32.9 Å². The summed E-state index contributed by atoms with van der Waals surface area (Å²) in [5, 5.41) is 12.7. The number of carbonyl (C=O) groups is 1. The lowest BCUT2D eigenvalue weighted by atomic mass is 9.87. The molecule has 0 heterocycles. The van der Waals surface area contributed by atoms with Crippen LogP contribution in [0.25, 0.3) is 0 Å². The van der Waals surface area contributed by atoms with Gasteiger partial charge in [0.1, 0.15) is 5.54 Å². The number of nitrogens with one attached hydrogen (secondary N) is 1. The molecule has 1 fully saturated rings. The van der Waals surface area contributed by atoms with Crippen molar-refractivity contribution in [3.05, 3.63) is 29.8 Å². The van der Waals surface area contributed by atoms with Crippen molar-refractivity contribution in [1.29, 1.82) is 0 Å². The maximum Gasteiger partial charge on any atom is 0.324 e. The van der Waals surface area contributed by atoms with Crippen molar-refractivity contribution < 1.29 is 9.90 Å². The summed E-state index contributed by atoms with van der Waals surface area (Å²) in [5.74, 6) is -0.235. The van der Waals surface area contributed by atoms with Crippen LogP contribution in [0.5, 0.6) is 0 Å². The minimum absolute atomic E-state index is 0.145. The van der Waals surface area contributed by atoms with Crippen molar-refractivity contribution in [2.75, 3.05) is 5.75 Å². The molecule has 116 valence electrons. The number of benzene rings is 1. The van der Waals surface area contributed by atoms with Crippen molar-refractivity contribution in [1.82, 2.24) is 5.32 Å². The molecule has 0 bridgehead atoms. The summed E-state index contributed by atoms with van der Waals surface area (Å²) in [6.45, 7) is 8.35. The Balaban J connectivity index is 1.98. The van der Waals surface area contributed by atoms with Crippen molar-refractivity contribution in [3.8, 4) is 0 Å². The lowest BCUT2D eigenvalue weighted by Crippen LogP contribution is -2.52. The number of carboxylic acids is 1. The lowest BCUT2D eigenvalue weighted by Gasteiger charge is -2.26. The predicted molar refractivity (Wildman–Crippen MR) is 88.1 cm³/mol. The summed E-state index contributed by atoms with van der Waals surface area (Å²) in [4.78, 5) is 12.6. The van der Waals surface area contributed by atoms with Crippen molar-refractivity contribution >= 4 is 17.7 Å². The lowest BCUT2D eigenvalue weighted by molar-refractivity contribution is -0.143. The Hall–Kier alpha value is -1.00. The molecule has 1 unspecified atom stereocenters. The van der Waals surface area contributed by atoms with Crippen LogP contribution in [0.15, 0.2) is 29.2 Å². The van der Waals surface area contributed by atoms with Crippen LogP contribution in [-0.2, 0) is 10.2 Å². The maximum atomic E-state index is 11.5. The number of hydrogen-bond donors (Lipinski definition) is 2. The van der Waals surface area contributed by atoms with E-state index in [-0.39, 0.29) is 5.41 Å².